The Bertz CT molecular complexity index is 5420. The molecular weight excluding hydrogens is 1740 g/mol. The molecule has 0 aliphatic rings. The van der Waals surface area contributed by atoms with E-state index in [1.54, 1.807) is 174 Å². The Hall–Kier alpha value is -20.5. The van der Waals surface area contributed by atoms with Gasteiger partial charge in [0, 0.05) is 83.7 Å². The van der Waals surface area contributed by atoms with Crippen LogP contribution in [-0.4, -0.2) is 126 Å². The molecule has 0 unspecified atom stereocenters. The zero-order valence-corrected chi connectivity index (χ0v) is 70.3. The van der Waals surface area contributed by atoms with E-state index in [1.165, 1.54) is 18.7 Å². The number of rotatable bonds is 20. The van der Waals surface area contributed by atoms with Crippen molar-refractivity contribution in [3.63, 3.8) is 0 Å². The molecule has 12 rings (SSSR count). The Morgan fingerprint density at radius 1 is 0.238 bits per heavy atom. The molecule has 0 saturated carbocycles. The number of nitrogen functional groups attached to an aromatic ring is 4. The van der Waals surface area contributed by atoms with Crippen LogP contribution in [0.4, 0.5) is 0 Å². The molecule has 632 valence electrons. The van der Waals surface area contributed by atoms with Crippen LogP contribution in [-0.2, 0) is 53.1 Å². The molecule has 0 radical (unpaired) electrons. The van der Waals surface area contributed by atoms with Crippen LogP contribution in [0.1, 0.15) is 27.7 Å². The summed E-state index contributed by atoms with van der Waals surface area (Å²) < 4.78 is 25.1. The third-order valence-electron chi connectivity index (χ3n) is 14.7. The fraction of sp³-hybridized carbons (Fsp3) is 0.0952. The van der Waals surface area contributed by atoms with Crippen molar-refractivity contribution < 1.29 is 53.1 Å². The van der Waals surface area contributed by atoms with Gasteiger partial charge in [0.15, 0.2) is 0 Å². The van der Waals surface area contributed by atoms with Crippen LogP contribution in [0.3, 0.4) is 0 Å². The second-order valence-corrected chi connectivity index (χ2v) is 22.4. The summed E-state index contributed by atoms with van der Waals surface area (Å²) in [6, 6.07) is 69.2. The molecule has 12 heterocycles. The second kappa shape index (κ2) is 57.6. The van der Waals surface area contributed by atoms with Crippen molar-refractivity contribution in [1.29, 1.82) is 84.2 Å². The van der Waals surface area contributed by atoms with Crippen LogP contribution in [0, 0.1) is 205 Å². The minimum atomic E-state index is -0.370. The predicted octanol–water partition coefficient (Wildman–Crippen LogP) is 8.24. The zero-order valence-electron chi connectivity index (χ0n) is 68.1. The molecule has 46 heteroatoms. The summed E-state index contributed by atoms with van der Waals surface area (Å²) in [4.78, 5) is 33.5. The summed E-state index contributed by atoms with van der Waals surface area (Å²) in [5.74, 6) is 25.5. The van der Waals surface area contributed by atoms with Crippen LogP contribution in [0.25, 0.3) is 92.1 Å². The number of allylic oxidation sites excluding steroid dienone is 8. The molecule has 12 aromatic rings. The first-order valence-electron chi connectivity index (χ1n) is 36.0. The minimum Gasteiger partial charge on any atom is -0.459 e. The van der Waals surface area contributed by atoms with Crippen LogP contribution in [0.5, 0.6) is 0 Å². The van der Waals surface area contributed by atoms with E-state index in [-0.39, 0.29) is 130 Å². The number of aromatic nitrogens is 20. The van der Waals surface area contributed by atoms with Gasteiger partial charge in [-0.25, -0.2) is 18.7 Å². The molecule has 0 saturated heterocycles. The van der Waals surface area contributed by atoms with Gasteiger partial charge in [-0.3, -0.25) is 39.9 Å². The number of nitriles is 16. The third-order valence-corrected chi connectivity index (χ3v) is 14.7. The molecule has 0 aliphatic carbocycles. The second-order valence-electron chi connectivity index (χ2n) is 22.4. The Morgan fingerprint density at radius 2 is 0.362 bits per heavy atom. The van der Waals surface area contributed by atoms with Crippen LogP contribution in [0.2, 0.25) is 0 Å². The Morgan fingerprint density at radius 3 is 0.446 bits per heavy atom. The topological polar surface area (TPSA) is 748 Å². The molecule has 0 atom stereocenters. The molecule has 44 nitrogen and oxygen atoms in total. The predicted molar refractivity (Wildman–Crippen MR) is 444 cm³/mol. The molecule has 130 heavy (non-hydrogen) atoms. The standard InChI is InChI=1S/4C12H10N6.4C9H5N4O.2Fe/c4*13-18-11(9-5-1-3-7-14-9)16-17-12(18)10-6-2-4-8-15-10;4*1-2-14-9(7(3-10)4-11)8(5-12)6-13;;/h4*1-8H,13H2;4*2H2,1H3;;/q;;;;4*+1;;. The fourth-order valence-electron chi connectivity index (χ4n) is 9.19. The average molecular weight is 1810 g/mol. The Balaban J connectivity index is 0.000000384. The zero-order chi connectivity index (χ0) is 93.4. The number of hydrogen-bond donors (Lipinski definition) is 4. The number of nitrogens with two attached hydrogens (primary N) is 4. The molecule has 0 aromatic carbocycles. The van der Waals surface area contributed by atoms with E-state index in [1.807, 2.05) is 146 Å². The molecule has 12 aromatic heterocycles. The van der Waals surface area contributed by atoms with Crippen molar-refractivity contribution in [2.45, 2.75) is 27.7 Å². The van der Waals surface area contributed by atoms with Crippen LogP contribution >= 0.6 is 0 Å². The average Bonchev–Trinajstić information content (AvgIpc) is 1.68. The molecule has 0 bridgehead atoms. The van der Waals surface area contributed by atoms with Crippen LogP contribution in [0.15, 0.2) is 240 Å². The number of ether oxygens (including phenoxy) is 4. The van der Waals surface area contributed by atoms with Gasteiger partial charge in [-0.2, -0.15) is 84.2 Å². The number of hydrogen-bond acceptors (Lipinski definition) is 40. The molecule has 0 spiro atoms. The van der Waals surface area contributed by atoms with Gasteiger partial charge in [0.05, 0.1) is 26.4 Å². The summed E-state index contributed by atoms with van der Waals surface area (Å²) >= 11 is 0. The molecule has 0 aliphatic heterocycles. The van der Waals surface area contributed by atoms with E-state index in [0.717, 1.165) is 0 Å². The normalized spacial score (nSPS) is 8.77. The summed E-state index contributed by atoms with van der Waals surface area (Å²) in [7, 11) is 0. The van der Waals surface area contributed by atoms with Crippen molar-refractivity contribution in [3.8, 4) is 189 Å². The summed E-state index contributed by atoms with van der Waals surface area (Å²) in [6.45, 7) is 7.20. The fourth-order valence-corrected chi connectivity index (χ4v) is 9.19. The Kier molecular flexibility index (Phi) is 45.9. The first-order chi connectivity index (χ1) is 62.4. The van der Waals surface area contributed by atoms with Crippen LogP contribution < -0.4 is 23.4 Å². The van der Waals surface area contributed by atoms with Gasteiger partial charge in [0.1, 0.15) is 45.6 Å². The van der Waals surface area contributed by atoms with E-state index in [4.69, 9.17) is 127 Å². The van der Waals surface area contributed by atoms with E-state index in [2.05, 4.69) is 80.7 Å². The van der Waals surface area contributed by atoms with E-state index < -0.39 is 0 Å². The monoisotopic (exact) mass is 1800 g/mol. The maximum Gasteiger partial charge on any atom is 0.347 e. The van der Waals surface area contributed by atoms with Crippen molar-refractivity contribution in [2.24, 2.45) is 0 Å². The first kappa shape index (κ1) is 104. The molecule has 8 N–H and O–H groups in total. The summed E-state index contributed by atoms with van der Waals surface area (Å²) in [6.07, 6.45) is 13.5. The third kappa shape index (κ3) is 29.4. The maximum absolute atomic E-state index is 8.52. The first-order valence-corrected chi connectivity index (χ1v) is 36.0. The summed E-state index contributed by atoms with van der Waals surface area (Å²) in [5, 5.41) is 169. The minimum absolute atomic E-state index is 0. The smallest absolute Gasteiger partial charge is 0.347 e. The number of pyridine rings is 8. The van der Waals surface area contributed by atoms with E-state index >= 15 is 0 Å². The molecule has 0 fully saturated rings. The maximum atomic E-state index is 8.52. The van der Waals surface area contributed by atoms with Gasteiger partial charge in [-0.05, 0) is 125 Å². The van der Waals surface area contributed by atoms with Gasteiger partial charge >= 0.3 is 69.0 Å². The van der Waals surface area contributed by atoms with Crippen molar-refractivity contribution in [1.82, 2.24) is 99.4 Å². The SMILES string of the molecule is CCOC(=C(C#N)C#N)[C+](C#N)C#N.CCOC(=C(C#N)C#N)[C+](C#N)C#N.CCOC(=C(C#N)C#N)[C+](C#N)C#N.CCOC(=C(C#N)C#N)[C+](C#N)C#N.Nn1c(-c2ccccn2)nnc1-c1ccccn1.Nn1c(-c2ccccn2)nnc1-c1ccccn1.Nn1c(-c2ccccn2)nnc1-c1ccccn1.Nn1c(-c2ccccn2)nnc1-c1ccccn1.[Fe].[Fe]. The Labute approximate surface area is 763 Å². The van der Waals surface area contributed by atoms with Gasteiger partial charge in [-0.15, -0.1) is 40.8 Å². The van der Waals surface area contributed by atoms with Gasteiger partial charge in [-0.1, -0.05) is 48.5 Å². The van der Waals surface area contributed by atoms with Gasteiger partial charge in [0.2, 0.25) is 144 Å². The largest absolute Gasteiger partial charge is 0.459 e. The van der Waals surface area contributed by atoms with E-state index in [9.17, 15) is 0 Å². The van der Waals surface area contributed by atoms with Crippen molar-refractivity contribution in [3.05, 3.63) is 264 Å². The van der Waals surface area contributed by atoms with Crippen molar-refractivity contribution >= 4 is 0 Å². The summed E-state index contributed by atoms with van der Waals surface area (Å²) in [5.41, 5.74) is 3.92. The van der Waals surface area contributed by atoms with Gasteiger partial charge < -0.3 is 42.3 Å². The molecular formula is C84H60Fe2N40O4+4. The van der Waals surface area contributed by atoms with Crippen molar-refractivity contribution in [2.75, 3.05) is 49.8 Å². The molecule has 0 amide bonds. The van der Waals surface area contributed by atoms with E-state index in [0.29, 0.717) is 92.1 Å². The quantitative estimate of drug-likeness (QED) is 0.0183. The van der Waals surface area contributed by atoms with Gasteiger partial charge in [0.25, 0.3) is 0 Å². The number of nitrogens with zero attached hydrogens (tertiary/aromatic N) is 36.